The van der Waals surface area contributed by atoms with Gasteiger partial charge < -0.3 is 20.1 Å². The Bertz CT molecular complexity index is 333. The molecule has 2 N–H and O–H groups in total. The molecule has 0 aromatic heterocycles. The summed E-state index contributed by atoms with van der Waals surface area (Å²) in [6, 6.07) is 0. The predicted molar refractivity (Wildman–Crippen MR) is 69.5 cm³/mol. The highest BCUT2D eigenvalue weighted by Gasteiger charge is 2.53. The molecule has 1 unspecified atom stereocenters. The molecule has 0 aromatic rings. The maximum Gasteiger partial charge on any atom is 0.191 e. The molecule has 3 aliphatic rings. The molecule has 5 heteroatoms. The molecule has 1 aliphatic carbocycles. The van der Waals surface area contributed by atoms with E-state index in [1.165, 1.54) is 6.42 Å². The van der Waals surface area contributed by atoms with Crippen molar-refractivity contribution >= 4 is 5.96 Å². The average Bonchev–Trinajstić information content (AvgIpc) is 2.91. The molecule has 1 saturated carbocycles. The zero-order valence-corrected chi connectivity index (χ0v) is 11.1. The predicted octanol–water partition coefficient (Wildman–Crippen LogP) is 0.733. The minimum atomic E-state index is 0.135. The summed E-state index contributed by atoms with van der Waals surface area (Å²) >= 11 is 0. The minimum Gasteiger partial charge on any atom is -0.378 e. The van der Waals surface area contributed by atoms with E-state index in [-0.39, 0.29) is 5.54 Å². The summed E-state index contributed by atoms with van der Waals surface area (Å²) in [4.78, 5) is 6.72. The first-order valence-electron chi connectivity index (χ1n) is 7.04. The van der Waals surface area contributed by atoms with Gasteiger partial charge in [0.15, 0.2) is 5.96 Å². The van der Waals surface area contributed by atoms with Gasteiger partial charge in [0.2, 0.25) is 0 Å². The Balaban J connectivity index is 1.61. The first kappa shape index (κ1) is 12.2. The molecule has 2 fully saturated rings. The molecule has 0 amide bonds. The highest BCUT2D eigenvalue weighted by molar-refractivity contribution is 5.81. The van der Waals surface area contributed by atoms with E-state index in [9.17, 15) is 0 Å². The van der Waals surface area contributed by atoms with Gasteiger partial charge in [-0.15, -0.1) is 0 Å². The number of guanidine groups is 1. The summed E-state index contributed by atoms with van der Waals surface area (Å²) in [5, 5.41) is 0. The van der Waals surface area contributed by atoms with Crippen LogP contribution in [-0.2, 0) is 9.47 Å². The van der Waals surface area contributed by atoms with Crippen molar-refractivity contribution in [2.45, 2.75) is 50.4 Å². The van der Waals surface area contributed by atoms with E-state index in [1.54, 1.807) is 0 Å². The first-order chi connectivity index (χ1) is 8.73. The molecule has 18 heavy (non-hydrogen) atoms. The van der Waals surface area contributed by atoms with Crippen LogP contribution in [0.5, 0.6) is 0 Å². The van der Waals surface area contributed by atoms with Crippen molar-refractivity contribution in [2.24, 2.45) is 10.7 Å². The average molecular weight is 253 g/mol. The van der Waals surface area contributed by atoms with Gasteiger partial charge in [0, 0.05) is 19.8 Å². The summed E-state index contributed by atoms with van der Waals surface area (Å²) in [6.45, 7) is 5.46. The number of hydrogen-bond donors (Lipinski definition) is 1. The van der Waals surface area contributed by atoms with Crippen LogP contribution in [0.25, 0.3) is 0 Å². The fourth-order valence-corrected chi connectivity index (χ4v) is 3.41. The molecular formula is C13H23N3O2. The van der Waals surface area contributed by atoms with E-state index in [2.05, 4.69) is 16.8 Å². The lowest BCUT2D eigenvalue weighted by Gasteiger charge is -2.50. The van der Waals surface area contributed by atoms with Crippen LogP contribution in [-0.4, -0.2) is 54.9 Å². The highest BCUT2D eigenvalue weighted by Crippen LogP contribution is 2.43. The van der Waals surface area contributed by atoms with E-state index < -0.39 is 0 Å². The van der Waals surface area contributed by atoms with Crippen molar-refractivity contribution in [1.29, 1.82) is 0 Å². The summed E-state index contributed by atoms with van der Waals surface area (Å²) < 4.78 is 11.4. The Kier molecular flexibility index (Phi) is 3.20. The second kappa shape index (κ2) is 4.70. The maximum absolute atomic E-state index is 6.04. The number of hydrogen-bond acceptors (Lipinski definition) is 5. The second-order valence-electron chi connectivity index (χ2n) is 5.63. The van der Waals surface area contributed by atoms with Crippen LogP contribution in [0.3, 0.4) is 0 Å². The first-order valence-corrected chi connectivity index (χ1v) is 7.04. The van der Waals surface area contributed by atoms with Crippen molar-refractivity contribution in [3.05, 3.63) is 0 Å². The van der Waals surface area contributed by atoms with Crippen molar-refractivity contribution < 1.29 is 9.47 Å². The highest BCUT2D eigenvalue weighted by atomic mass is 16.5. The van der Waals surface area contributed by atoms with Crippen LogP contribution in [0.1, 0.15) is 32.6 Å². The van der Waals surface area contributed by atoms with Gasteiger partial charge in [-0.25, -0.2) is 0 Å². The lowest BCUT2D eigenvalue weighted by Crippen LogP contribution is -2.62. The standard InChI is InChI=1S/C13H23N3O2/c1-2-17-11-6-13(7-11)9-15-12(14)16(13)8-10-4-3-5-18-10/h10-11H,2-9H2,1H3,(H2,14,15). The van der Waals surface area contributed by atoms with Crippen molar-refractivity contribution in [2.75, 3.05) is 26.3 Å². The summed E-state index contributed by atoms with van der Waals surface area (Å²) in [7, 11) is 0. The Morgan fingerprint density at radius 3 is 3.06 bits per heavy atom. The Hall–Kier alpha value is -0.810. The zero-order valence-electron chi connectivity index (χ0n) is 11.1. The molecule has 0 aromatic carbocycles. The van der Waals surface area contributed by atoms with Gasteiger partial charge in [0.05, 0.1) is 24.3 Å². The third-order valence-corrected chi connectivity index (χ3v) is 4.41. The number of rotatable bonds is 4. The van der Waals surface area contributed by atoms with Crippen molar-refractivity contribution in [3.8, 4) is 0 Å². The Morgan fingerprint density at radius 1 is 1.56 bits per heavy atom. The third kappa shape index (κ3) is 1.99. The number of aliphatic imine (C=N–C) groups is 1. The van der Waals surface area contributed by atoms with Crippen LogP contribution in [0.2, 0.25) is 0 Å². The monoisotopic (exact) mass is 253 g/mol. The molecule has 1 saturated heterocycles. The van der Waals surface area contributed by atoms with Gasteiger partial charge in [-0.3, -0.25) is 4.99 Å². The molecule has 102 valence electrons. The molecule has 2 aliphatic heterocycles. The van der Waals surface area contributed by atoms with Crippen molar-refractivity contribution in [3.63, 3.8) is 0 Å². The fraction of sp³-hybridized carbons (Fsp3) is 0.923. The summed E-state index contributed by atoms with van der Waals surface area (Å²) in [5.41, 5.74) is 6.18. The van der Waals surface area contributed by atoms with E-state index in [0.717, 1.165) is 45.6 Å². The van der Waals surface area contributed by atoms with Gasteiger partial charge in [0.25, 0.3) is 0 Å². The van der Waals surface area contributed by atoms with Gasteiger partial charge >= 0.3 is 0 Å². The molecule has 1 atom stereocenters. The lowest BCUT2D eigenvalue weighted by molar-refractivity contribution is -0.0804. The molecule has 2 heterocycles. The van der Waals surface area contributed by atoms with Crippen LogP contribution < -0.4 is 5.73 Å². The number of ether oxygens (including phenoxy) is 2. The van der Waals surface area contributed by atoms with Crippen molar-refractivity contribution in [1.82, 2.24) is 4.90 Å². The van der Waals surface area contributed by atoms with E-state index >= 15 is 0 Å². The van der Waals surface area contributed by atoms with E-state index in [1.807, 2.05) is 0 Å². The normalized spacial score (nSPS) is 39.2. The van der Waals surface area contributed by atoms with Gasteiger partial charge in [-0.2, -0.15) is 0 Å². The van der Waals surface area contributed by atoms with Gasteiger partial charge in [-0.1, -0.05) is 0 Å². The Morgan fingerprint density at radius 2 is 2.39 bits per heavy atom. The third-order valence-electron chi connectivity index (χ3n) is 4.41. The quantitative estimate of drug-likeness (QED) is 0.802. The largest absolute Gasteiger partial charge is 0.378 e. The summed E-state index contributed by atoms with van der Waals surface area (Å²) in [6.07, 6.45) is 5.15. The van der Waals surface area contributed by atoms with Gasteiger partial charge in [0.1, 0.15) is 0 Å². The molecule has 0 radical (unpaired) electrons. The topological polar surface area (TPSA) is 60.1 Å². The fourth-order valence-electron chi connectivity index (χ4n) is 3.41. The maximum atomic E-state index is 6.04. The number of nitrogens with two attached hydrogens (primary N) is 1. The lowest BCUT2D eigenvalue weighted by atomic mass is 9.73. The van der Waals surface area contributed by atoms with Crippen LogP contribution in [0.4, 0.5) is 0 Å². The van der Waals surface area contributed by atoms with Crippen LogP contribution in [0, 0.1) is 0 Å². The minimum absolute atomic E-state index is 0.135. The number of nitrogens with zero attached hydrogens (tertiary/aromatic N) is 2. The van der Waals surface area contributed by atoms with Crippen LogP contribution in [0.15, 0.2) is 4.99 Å². The summed E-state index contributed by atoms with van der Waals surface area (Å²) in [5.74, 6) is 0.695. The molecule has 3 rings (SSSR count). The zero-order chi connectivity index (χ0) is 12.6. The molecule has 1 spiro atoms. The van der Waals surface area contributed by atoms with E-state index in [0.29, 0.717) is 18.2 Å². The van der Waals surface area contributed by atoms with Crippen LogP contribution >= 0.6 is 0 Å². The molecule has 0 bridgehead atoms. The Labute approximate surface area is 108 Å². The molecular weight excluding hydrogens is 230 g/mol. The smallest absolute Gasteiger partial charge is 0.191 e. The second-order valence-corrected chi connectivity index (χ2v) is 5.63. The van der Waals surface area contributed by atoms with E-state index in [4.69, 9.17) is 15.2 Å². The molecule has 5 nitrogen and oxygen atoms in total. The van der Waals surface area contributed by atoms with Gasteiger partial charge in [-0.05, 0) is 32.6 Å². The SMILES string of the molecule is CCOC1CC2(CN=C(N)N2CC2CCCO2)C1.